The third kappa shape index (κ3) is 5.63. The van der Waals surface area contributed by atoms with E-state index in [0.717, 1.165) is 5.56 Å². The average molecular weight is 352 g/mol. The van der Waals surface area contributed by atoms with E-state index in [0.29, 0.717) is 17.1 Å². The summed E-state index contributed by atoms with van der Waals surface area (Å²) in [5.74, 6) is 0.793. The lowest BCUT2D eigenvalue weighted by atomic mass is 10.1. The van der Waals surface area contributed by atoms with Gasteiger partial charge in [0.25, 0.3) is 0 Å². The van der Waals surface area contributed by atoms with E-state index < -0.39 is 0 Å². The molecule has 134 valence electrons. The number of ether oxygens (including phenoxy) is 2. The summed E-state index contributed by atoms with van der Waals surface area (Å²) < 4.78 is 10.4. The second-order valence-electron chi connectivity index (χ2n) is 5.48. The first-order chi connectivity index (χ1) is 12.5. The molecule has 26 heavy (non-hydrogen) atoms. The van der Waals surface area contributed by atoms with Gasteiger partial charge in [0.05, 0.1) is 20.6 Å². The maximum absolute atomic E-state index is 12.0. The molecule has 0 heterocycles. The molecule has 0 aliphatic rings. The van der Waals surface area contributed by atoms with Crippen molar-refractivity contribution < 1.29 is 24.2 Å². The van der Waals surface area contributed by atoms with Crippen molar-refractivity contribution >= 4 is 23.7 Å². The van der Waals surface area contributed by atoms with Crippen LogP contribution < -0.4 is 9.47 Å². The lowest BCUT2D eigenvalue weighted by molar-refractivity contribution is -0.121. The minimum absolute atomic E-state index is 0.154. The van der Waals surface area contributed by atoms with Crippen LogP contribution in [0.2, 0.25) is 0 Å². The van der Waals surface area contributed by atoms with Gasteiger partial charge in [0, 0.05) is 5.56 Å². The van der Waals surface area contributed by atoms with Crippen LogP contribution in [0.4, 0.5) is 0 Å². The van der Waals surface area contributed by atoms with Crippen molar-refractivity contribution in [3.05, 3.63) is 65.7 Å². The largest absolute Gasteiger partial charge is 0.508 e. The zero-order chi connectivity index (χ0) is 18.9. The molecule has 0 aromatic heterocycles. The molecule has 0 atom stereocenters. The lowest BCUT2D eigenvalue weighted by Crippen LogP contribution is -2.02. The van der Waals surface area contributed by atoms with E-state index in [-0.39, 0.29) is 23.7 Å². The van der Waals surface area contributed by atoms with Crippen molar-refractivity contribution in [1.82, 2.24) is 0 Å². The predicted octanol–water partition coefficient (Wildman–Crippen LogP) is 3.66. The van der Waals surface area contributed by atoms with Crippen molar-refractivity contribution in [2.45, 2.75) is 6.42 Å². The molecule has 1 N–H and O–H groups in total. The van der Waals surface area contributed by atoms with E-state index >= 15 is 0 Å². The van der Waals surface area contributed by atoms with Gasteiger partial charge in [0.2, 0.25) is 0 Å². The number of aromatic hydroxyl groups is 1. The summed E-state index contributed by atoms with van der Waals surface area (Å²) in [4.78, 5) is 23.9. The molecule has 0 aliphatic heterocycles. The topological polar surface area (TPSA) is 72.8 Å². The Morgan fingerprint density at radius 1 is 0.923 bits per heavy atom. The van der Waals surface area contributed by atoms with E-state index in [2.05, 4.69) is 0 Å². The fourth-order valence-electron chi connectivity index (χ4n) is 2.22. The summed E-state index contributed by atoms with van der Waals surface area (Å²) in [5.41, 5.74) is 1.45. The van der Waals surface area contributed by atoms with Crippen molar-refractivity contribution in [1.29, 1.82) is 0 Å². The van der Waals surface area contributed by atoms with Crippen LogP contribution in [0.15, 0.2) is 54.6 Å². The molecule has 0 aliphatic carbocycles. The van der Waals surface area contributed by atoms with Crippen LogP contribution in [0.3, 0.4) is 0 Å². The lowest BCUT2D eigenvalue weighted by Gasteiger charge is -2.06. The van der Waals surface area contributed by atoms with Gasteiger partial charge in [-0.1, -0.05) is 18.2 Å². The zero-order valence-corrected chi connectivity index (χ0v) is 14.6. The number of phenolic OH excluding ortho intramolecular Hbond substituents is 1. The highest BCUT2D eigenvalue weighted by molar-refractivity contribution is 6.10. The SMILES string of the molecule is COc1ccc(OC)c(C=CC(=O)CC(=O)C=Cc2ccc(O)cc2)c1. The summed E-state index contributed by atoms with van der Waals surface area (Å²) in [6.07, 6.45) is 5.68. The summed E-state index contributed by atoms with van der Waals surface area (Å²) >= 11 is 0. The Morgan fingerprint density at radius 3 is 2.19 bits per heavy atom. The van der Waals surface area contributed by atoms with Crippen LogP contribution in [-0.2, 0) is 9.59 Å². The van der Waals surface area contributed by atoms with Crippen LogP contribution in [0.25, 0.3) is 12.2 Å². The van der Waals surface area contributed by atoms with Crippen LogP contribution in [0, 0.1) is 0 Å². The van der Waals surface area contributed by atoms with Gasteiger partial charge in [-0.2, -0.15) is 0 Å². The molecule has 0 spiro atoms. The Bertz CT molecular complexity index is 832. The highest BCUT2D eigenvalue weighted by Crippen LogP contribution is 2.25. The smallest absolute Gasteiger partial charge is 0.163 e. The molecule has 2 rings (SSSR count). The molecule has 0 radical (unpaired) electrons. The van der Waals surface area contributed by atoms with Crippen molar-refractivity contribution in [2.75, 3.05) is 14.2 Å². The number of phenols is 1. The fraction of sp³-hybridized carbons (Fsp3) is 0.143. The molecular formula is C21H20O5. The molecule has 5 heteroatoms. The van der Waals surface area contributed by atoms with Gasteiger partial charge >= 0.3 is 0 Å². The molecule has 0 saturated carbocycles. The minimum atomic E-state index is -0.310. The summed E-state index contributed by atoms with van der Waals surface area (Å²) in [6, 6.07) is 11.7. The highest BCUT2D eigenvalue weighted by Gasteiger charge is 2.06. The second kappa shape index (κ2) is 9.22. The second-order valence-corrected chi connectivity index (χ2v) is 5.48. The molecule has 2 aromatic rings. The van der Waals surface area contributed by atoms with Crippen molar-refractivity contribution in [3.63, 3.8) is 0 Å². The van der Waals surface area contributed by atoms with Gasteiger partial charge in [-0.05, 0) is 54.1 Å². The maximum Gasteiger partial charge on any atom is 0.163 e. The van der Waals surface area contributed by atoms with Crippen LogP contribution >= 0.6 is 0 Å². The van der Waals surface area contributed by atoms with E-state index in [1.165, 1.54) is 24.3 Å². The Balaban J connectivity index is 1.98. The molecule has 0 saturated heterocycles. The number of methoxy groups -OCH3 is 2. The minimum Gasteiger partial charge on any atom is -0.508 e. The average Bonchev–Trinajstić information content (AvgIpc) is 2.65. The third-order valence-corrected chi connectivity index (χ3v) is 3.59. The first-order valence-electron chi connectivity index (χ1n) is 7.94. The molecule has 5 nitrogen and oxygen atoms in total. The number of allylic oxidation sites excluding steroid dienone is 2. The summed E-state index contributed by atoms with van der Waals surface area (Å²) in [5, 5.41) is 9.22. The molecular weight excluding hydrogens is 332 g/mol. The van der Waals surface area contributed by atoms with E-state index in [1.807, 2.05) is 0 Å². The van der Waals surface area contributed by atoms with Gasteiger partial charge in [0.15, 0.2) is 11.6 Å². The number of rotatable bonds is 8. The summed E-state index contributed by atoms with van der Waals surface area (Å²) in [6.45, 7) is 0. The van der Waals surface area contributed by atoms with Gasteiger partial charge in [0.1, 0.15) is 17.2 Å². The zero-order valence-electron chi connectivity index (χ0n) is 14.6. The monoisotopic (exact) mass is 352 g/mol. The standard InChI is InChI=1S/C21H20O5/c1-25-20-11-12-21(26-2)16(13-20)6-10-19(24)14-18(23)9-5-15-3-7-17(22)8-4-15/h3-13,22H,14H2,1-2H3. The Morgan fingerprint density at radius 2 is 1.58 bits per heavy atom. The van der Waals surface area contributed by atoms with Crippen molar-refractivity contribution in [3.8, 4) is 17.2 Å². The first-order valence-corrected chi connectivity index (χ1v) is 7.94. The first kappa shape index (κ1) is 19.0. The van der Waals surface area contributed by atoms with E-state index in [9.17, 15) is 14.7 Å². The maximum atomic E-state index is 12.0. The van der Waals surface area contributed by atoms with E-state index in [4.69, 9.17) is 9.47 Å². The van der Waals surface area contributed by atoms with E-state index in [1.54, 1.807) is 56.7 Å². The number of ketones is 2. The fourth-order valence-corrected chi connectivity index (χ4v) is 2.22. The number of carbonyl (C=O) groups excluding carboxylic acids is 2. The van der Waals surface area contributed by atoms with Crippen LogP contribution in [0.1, 0.15) is 17.5 Å². The van der Waals surface area contributed by atoms with Crippen LogP contribution in [-0.4, -0.2) is 30.9 Å². The molecule has 2 aromatic carbocycles. The van der Waals surface area contributed by atoms with Crippen molar-refractivity contribution in [2.24, 2.45) is 0 Å². The number of hydrogen-bond donors (Lipinski definition) is 1. The third-order valence-electron chi connectivity index (χ3n) is 3.59. The molecule has 0 amide bonds. The van der Waals surface area contributed by atoms with Gasteiger partial charge < -0.3 is 14.6 Å². The number of benzene rings is 2. The predicted molar refractivity (Wildman–Crippen MR) is 100 cm³/mol. The molecule has 0 bridgehead atoms. The van der Waals surface area contributed by atoms with Gasteiger partial charge in [-0.25, -0.2) is 0 Å². The molecule has 0 unspecified atom stereocenters. The quantitative estimate of drug-likeness (QED) is 0.580. The van der Waals surface area contributed by atoms with Crippen LogP contribution in [0.5, 0.6) is 17.2 Å². The number of hydrogen-bond acceptors (Lipinski definition) is 5. The number of carbonyl (C=O) groups is 2. The Hall–Kier alpha value is -3.34. The molecule has 0 fully saturated rings. The van der Waals surface area contributed by atoms with Gasteiger partial charge in [-0.3, -0.25) is 9.59 Å². The van der Waals surface area contributed by atoms with Gasteiger partial charge in [-0.15, -0.1) is 0 Å². The Kier molecular flexibility index (Phi) is 6.74. The summed E-state index contributed by atoms with van der Waals surface area (Å²) in [7, 11) is 3.10. The Labute approximate surface area is 152 Å². The highest BCUT2D eigenvalue weighted by atomic mass is 16.5. The normalized spacial score (nSPS) is 11.0.